The monoisotopic (exact) mass is 332 g/mol. The molecule has 0 amide bonds. The summed E-state index contributed by atoms with van der Waals surface area (Å²) in [5.41, 5.74) is 5.95. The molecule has 1 heterocycles. The minimum atomic E-state index is -0.591. The molecule has 1 unspecified atom stereocenters. The maximum atomic E-state index is 13.8. The highest BCUT2D eigenvalue weighted by molar-refractivity contribution is 9.10. The van der Waals surface area contributed by atoms with Gasteiger partial charge in [0.25, 0.3) is 0 Å². The summed E-state index contributed by atoms with van der Waals surface area (Å²) >= 11 is 4.48. The molecule has 2 nitrogen and oxygen atoms in total. The second kappa shape index (κ2) is 5.42. The Hall–Kier alpha value is -0.850. The van der Waals surface area contributed by atoms with Crippen molar-refractivity contribution in [2.24, 2.45) is 5.73 Å². The first kappa shape index (κ1) is 13.6. The summed E-state index contributed by atoms with van der Waals surface area (Å²) in [5.74, 6) is -1.17. The van der Waals surface area contributed by atoms with Crippen LogP contribution in [-0.2, 0) is 6.42 Å². The van der Waals surface area contributed by atoms with Gasteiger partial charge in [0, 0.05) is 22.7 Å². The van der Waals surface area contributed by atoms with E-state index in [0.717, 1.165) is 9.88 Å². The Balaban J connectivity index is 2.27. The molecule has 0 spiro atoms. The predicted octanol–water partition coefficient (Wildman–Crippen LogP) is 3.73. The van der Waals surface area contributed by atoms with Gasteiger partial charge in [-0.05, 0) is 41.4 Å². The highest BCUT2D eigenvalue weighted by Gasteiger charge is 2.17. The first-order valence-electron chi connectivity index (χ1n) is 5.29. The van der Waals surface area contributed by atoms with Crippen LogP contribution in [0.5, 0.6) is 0 Å². The van der Waals surface area contributed by atoms with Crippen molar-refractivity contribution >= 4 is 27.3 Å². The molecule has 0 saturated heterocycles. The molecule has 0 aliphatic heterocycles. The number of nitrogens with two attached hydrogens (primary N) is 1. The first-order chi connectivity index (χ1) is 8.49. The second-order valence-corrected chi connectivity index (χ2v) is 6.03. The standard InChI is InChI=1S/C12H11BrF2N2S/c1-6-17-5-11(18-6)10(16)4-7-9(14)3-2-8(13)12(7)15/h2-3,5,10H,4,16H2,1H3. The van der Waals surface area contributed by atoms with E-state index in [9.17, 15) is 8.78 Å². The first-order valence-corrected chi connectivity index (χ1v) is 6.90. The van der Waals surface area contributed by atoms with E-state index in [2.05, 4.69) is 20.9 Å². The zero-order valence-electron chi connectivity index (χ0n) is 9.58. The number of benzene rings is 1. The number of hydrogen-bond donors (Lipinski definition) is 1. The number of halogens is 3. The molecule has 1 aromatic carbocycles. The van der Waals surface area contributed by atoms with E-state index in [1.165, 1.54) is 23.5 Å². The van der Waals surface area contributed by atoms with Crippen molar-refractivity contribution in [1.82, 2.24) is 4.98 Å². The summed E-state index contributed by atoms with van der Waals surface area (Å²) < 4.78 is 27.6. The maximum Gasteiger partial charge on any atom is 0.143 e. The summed E-state index contributed by atoms with van der Waals surface area (Å²) in [4.78, 5) is 4.91. The lowest BCUT2D eigenvalue weighted by molar-refractivity contribution is 0.537. The Kier molecular flexibility index (Phi) is 4.09. The quantitative estimate of drug-likeness (QED) is 0.869. The van der Waals surface area contributed by atoms with Gasteiger partial charge in [-0.1, -0.05) is 0 Å². The molecular formula is C12H11BrF2N2S. The van der Waals surface area contributed by atoms with Gasteiger partial charge in [0.05, 0.1) is 9.48 Å². The van der Waals surface area contributed by atoms with Crippen molar-refractivity contribution < 1.29 is 8.78 Å². The maximum absolute atomic E-state index is 13.8. The van der Waals surface area contributed by atoms with E-state index in [1.54, 1.807) is 6.20 Å². The summed E-state index contributed by atoms with van der Waals surface area (Å²) in [6.07, 6.45) is 1.76. The third kappa shape index (κ3) is 2.76. The molecule has 0 aliphatic rings. The van der Waals surface area contributed by atoms with Crippen molar-refractivity contribution in [3.05, 3.63) is 49.9 Å². The van der Waals surface area contributed by atoms with Crippen LogP contribution in [0.4, 0.5) is 8.78 Å². The van der Waals surface area contributed by atoms with E-state index < -0.39 is 17.7 Å². The van der Waals surface area contributed by atoms with E-state index in [-0.39, 0.29) is 16.5 Å². The van der Waals surface area contributed by atoms with Gasteiger partial charge >= 0.3 is 0 Å². The lowest BCUT2D eigenvalue weighted by Gasteiger charge is -2.11. The van der Waals surface area contributed by atoms with E-state index in [4.69, 9.17) is 5.73 Å². The van der Waals surface area contributed by atoms with Gasteiger partial charge in [-0.2, -0.15) is 0 Å². The number of rotatable bonds is 3. The fourth-order valence-electron chi connectivity index (χ4n) is 1.63. The van der Waals surface area contributed by atoms with E-state index >= 15 is 0 Å². The topological polar surface area (TPSA) is 38.9 Å². The van der Waals surface area contributed by atoms with Crippen LogP contribution >= 0.6 is 27.3 Å². The van der Waals surface area contributed by atoms with Crippen molar-refractivity contribution in [3.63, 3.8) is 0 Å². The Labute approximate surface area is 116 Å². The Morgan fingerprint density at radius 2 is 2.17 bits per heavy atom. The van der Waals surface area contributed by atoms with Crippen molar-refractivity contribution in [3.8, 4) is 0 Å². The molecule has 0 radical (unpaired) electrons. The second-order valence-electron chi connectivity index (χ2n) is 3.91. The molecule has 2 N–H and O–H groups in total. The molecule has 6 heteroatoms. The molecule has 0 aliphatic carbocycles. The zero-order chi connectivity index (χ0) is 13.3. The van der Waals surface area contributed by atoms with Crippen LogP contribution < -0.4 is 5.73 Å². The minimum absolute atomic E-state index is 0.00271. The highest BCUT2D eigenvalue weighted by atomic mass is 79.9. The summed E-state index contributed by atoms with van der Waals surface area (Å²) in [6.45, 7) is 1.86. The molecule has 0 bridgehead atoms. The van der Waals surface area contributed by atoms with E-state index in [1.807, 2.05) is 6.92 Å². The summed E-state index contributed by atoms with van der Waals surface area (Å²) in [7, 11) is 0. The highest BCUT2D eigenvalue weighted by Crippen LogP contribution is 2.27. The number of aromatic nitrogens is 1. The molecule has 96 valence electrons. The lowest BCUT2D eigenvalue weighted by Crippen LogP contribution is -2.14. The molecule has 2 aromatic rings. The van der Waals surface area contributed by atoms with Crippen molar-refractivity contribution in [1.29, 1.82) is 0 Å². The van der Waals surface area contributed by atoms with Gasteiger partial charge in [0.1, 0.15) is 11.6 Å². The molecule has 1 aromatic heterocycles. The van der Waals surface area contributed by atoms with Crippen LogP contribution in [-0.4, -0.2) is 4.98 Å². The molecule has 0 fully saturated rings. The molecule has 1 atom stereocenters. The van der Waals surface area contributed by atoms with Crippen LogP contribution in [0.1, 0.15) is 21.5 Å². The number of thiazole rings is 1. The van der Waals surface area contributed by atoms with Crippen molar-refractivity contribution in [2.75, 3.05) is 0 Å². The van der Waals surface area contributed by atoms with Crippen LogP contribution in [0.25, 0.3) is 0 Å². The van der Waals surface area contributed by atoms with Gasteiger partial charge in [-0.3, -0.25) is 0 Å². The fourth-order valence-corrected chi connectivity index (χ4v) is 2.78. The van der Waals surface area contributed by atoms with Gasteiger partial charge in [0.15, 0.2) is 0 Å². The predicted molar refractivity (Wildman–Crippen MR) is 71.5 cm³/mol. The number of nitrogens with zero attached hydrogens (tertiary/aromatic N) is 1. The SMILES string of the molecule is Cc1ncc(C(N)Cc2c(F)ccc(Br)c2F)s1. The Morgan fingerprint density at radius 1 is 1.44 bits per heavy atom. The van der Waals surface area contributed by atoms with Gasteiger partial charge in [-0.15, -0.1) is 11.3 Å². The number of hydrogen-bond acceptors (Lipinski definition) is 3. The number of aryl methyl sites for hydroxylation is 1. The summed E-state index contributed by atoms with van der Waals surface area (Å²) in [6, 6.07) is 2.12. The average Bonchev–Trinajstić information content (AvgIpc) is 2.76. The van der Waals surface area contributed by atoms with Crippen LogP contribution in [0.2, 0.25) is 0 Å². The van der Waals surface area contributed by atoms with Crippen LogP contribution in [0, 0.1) is 18.6 Å². The van der Waals surface area contributed by atoms with Gasteiger partial charge < -0.3 is 5.73 Å². The largest absolute Gasteiger partial charge is 0.323 e. The van der Waals surface area contributed by atoms with Crippen LogP contribution in [0.3, 0.4) is 0 Å². The molecule has 2 rings (SSSR count). The third-order valence-corrected chi connectivity index (χ3v) is 4.22. The van der Waals surface area contributed by atoms with E-state index in [0.29, 0.717) is 0 Å². The fraction of sp³-hybridized carbons (Fsp3) is 0.250. The average molecular weight is 333 g/mol. The van der Waals surface area contributed by atoms with Crippen LogP contribution in [0.15, 0.2) is 22.8 Å². The minimum Gasteiger partial charge on any atom is -0.323 e. The molecule has 0 saturated carbocycles. The smallest absolute Gasteiger partial charge is 0.143 e. The summed E-state index contributed by atoms with van der Waals surface area (Å²) in [5, 5.41) is 0.885. The zero-order valence-corrected chi connectivity index (χ0v) is 12.0. The Bertz CT molecular complexity index is 571. The van der Waals surface area contributed by atoms with Gasteiger partial charge in [-0.25, -0.2) is 13.8 Å². The Morgan fingerprint density at radius 3 is 2.78 bits per heavy atom. The van der Waals surface area contributed by atoms with Crippen molar-refractivity contribution in [2.45, 2.75) is 19.4 Å². The molecule has 18 heavy (non-hydrogen) atoms. The normalized spacial score (nSPS) is 12.7. The van der Waals surface area contributed by atoms with Gasteiger partial charge in [0.2, 0.25) is 0 Å². The molecular weight excluding hydrogens is 322 g/mol. The third-order valence-electron chi connectivity index (χ3n) is 2.57. The lowest BCUT2D eigenvalue weighted by atomic mass is 10.0.